The fourth-order valence-corrected chi connectivity index (χ4v) is 3.62. The number of carbonyl (C=O) groups is 2. The highest BCUT2D eigenvalue weighted by Gasteiger charge is 2.40. The highest BCUT2D eigenvalue weighted by Crippen LogP contribution is 2.41. The van der Waals surface area contributed by atoms with Gasteiger partial charge in [0.1, 0.15) is 0 Å². The number of carboxylic acid groups (broad SMARTS) is 1. The van der Waals surface area contributed by atoms with Gasteiger partial charge < -0.3 is 24.8 Å². The normalized spacial score (nSPS) is 22.8. The van der Waals surface area contributed by atoms with Gasteiger partial charge in [-0.15, -0.1) is 0 Å². The summed E-state index contributed by atoms with van der Waals surface area (Å²) < 4.78 is 10.8. The van der Waals surface area contributed by atoms with Crippen LogP contribution in [0.1, 0.15) is 30.7 Å². The molecule has 7 heteroatoms. The lowest BCUT2D eigenvalue weighted by molar-refractivity contribution is -0.141. The first-order valence-electron chi connectivity index (χ1n) is 8.99. The number of carboxylic acids is 1. The van der Waals surface area contributed by atoms with Crippen molar-refractivity contribution in [2.45, 2.75) is 31.2 Å². The monoisotopic (exact) mass is 362 g/mol. The third-order valence-electron chi connectivity index (χ3n) is 5.14. The Morgan fingerprint density at radius 3 is 2.62 bits per heavy atom. The van der Waals surface area contributed by atoms with Crippen molar-refractivity contribution in [1.82, 2.24) is 10.2 Å². The van der Waals surface area contributed by atoms with Gasteiger partial charge in [-0.25, -0.2) is 0 Å². The summed E-state index contributed by atoms with van der Waals surface area (Å²) in [4.78, 5) is 25.8. The van der Waals surface area contributed by atoms with Crippen molar-refractivity contribution < 1.29 is 24.2 Å². The number of rotatable bonds is 8. The third-order valence-corrected chi connectivity index (χ3v) is 5.14. The fourth-order valence-electron chi connectivity index (χ4n) is 3.62. The first-order valence-corrected chi connectivity index (χ1v) is 8.99. The van der Waals surface area contributed by atoms with Crippen LogP contribution in [-0.4, -0.2) is 61.8 Å². The minimum absolute atomic E-state index is 0.0433. The molecule has 2 N–H and O–H groups in total. The molecule has 1 heterocycles. The van der Waals surface area contributed by atoms with E-state index in [0.717, 1.165) is 18.4 Å². The third kappa shape index (κ3) is 4.09. The quantitative estimate of drug-likeness (QED) is 0.728. The summed E-state index contributed by atoms with van der Waals surface area (Å²) in [5, 5.41) is 12.6. The molecule has 2 aliphatic rings. The summed E-state index contributed by atoms with van der Waals surface area (Å²) in [5.41, 5.74) is 0.837. The van der Waals surface area contributed by atoms with Gasteiger partial charge in [-0.1, -0.05) is 12.1 Å². The predicted octanol–water partition coefficient (Wildman–Crippen LogP) is 1.47. The summed E-state index contributed by atoms with van der Waals surface area (Å²) in [7, 11) is 3.13. The molecule has 1 aliphatic carbocycles. The molecule has 1 aliphatic heterocycles. The van der Waals surface area contributed by atoms with Crippen LogP contribution in [0.25, 0.3) is 0 Å². The zero-order valence-electron chi connectivity index (χ0n) is 15.2. The zero-order chi connectivity index (χ0) is 18.7. The smallest absolute Gasteiger partial charge is 0.308 e. The molecule has 2 fully saturated rings. The van der Waals surface area contributed by atoms with E-state index < -0.39 is 11.9 Å². The maximum absolute atomic E-state index is 11.9. The van der Waals surface area contributed by atoms with Gasteiger partial charge in [0, 0.05) is 43.6 Å². The molecule has 7 nitrogen and oxygen atoms in total. The summed E-state index contributed by atoms with van der Waals surface area (Å²) in [6.07, 6.45) is 2.52. The SMILES string of the molecule is COc1cccc([C@@H]2CN(CCC(=O)NC3CC3)C[C@H]2C(=O)O)c1OC. The lowest BCUT2D eigenvalue weighted by atomic mass is 9.88. The number of nitrogens with zero attached hydrogens (tertiary/aromatic N) is 1. The van der Waals surface area contributed by atoms with E-state index in [2.05, 4.69) is 10.2 Å². The number of likely N-dealkylation sites (tertiary alicyclic amines) is 1. The van der Waals surface area contributed by atoms with Gasteiger partial charge in [0.05, 0.1) is 20.1 Å². The van der Waals surface area contributed by atoms with Crippen molar-refractivity contribution in [3.8, 4) is 11.5 Å². The fraction of sp³-hybridized carbons (Fsp3) is 0.579. The van der Waals surface area contributed by atoms with Crippen LogP contribution in [0, 0.1) is 5.92 Å². The number of ether oxygens (including phenoxy) is 2. The number of benzene rings is 1. The summed E-state index contributed by atoms with van der Waals surface area (Å²) in [6.45, 7) is 1.57. The lowest BCUT2D eigenvalue weighted by Gasteiger charge is -2.20. The van der Waals surface area contributed by atoms with E-state index in [1.54, 1.807) is 20.3 Å². The van der Waals surface area contributed by atoms with Gasteiger partial charge in [-0.3, -0.25) is 9.59 Å². The maximum atomic E-state index is 11.9. The van der Waals surface area contributed by atoms with Gasteiger partial charge in [-0.2, -0.15) is 0 Å². The number of para-hydroxylation sites is 1. The number of aliphatic carboxylic acids is 1. The Morgan fingerprint density at radius 2 is 2.00 bits per heavy atom. The van der Waals surface area contributed by atoms with Gasteiger partial charge in [0.2, 0.25) is 5.91 Å². The molecule has 0 unspecified atom stereocenters. The molecule has 142 valence electrons. The number of amides is 1. The molecule has 0 bridgehead atoms. The minimum Gasteiger partial charge on any atom is -0.493 e. The van der Waals surface area contributed by atoms with E-state index in [4.69, 9.17) is 9.47 Å². The van der Waals surface area contributed by atoms with Gasteiger partial charge >= 0.3 is 5.97 Å². The Labute approximate surface area is 153 Å². The Hall–Kier alpha value is -2.28. The second-order valence-electron chi connectivity index (χ2n) is 6.99. The van der Waals surface area contributed by atoms with Crippen LogP contribution in [0.5, 0.6) is 11.5 Å². The topological polar surface area (TPSA) is 88.1 Å². The summed E-state index contributed by atoms with van der Waals surface area (Å²) in [6, 6.07) is 5.89. The summed E-state index contributed by atoms with van der Waals surface area (Å²) >= 11 is 0. The van der Waals surface area contributed by atoms with Crippen molar-refractivity contribution in [3.05, 3.63) is 23.8 Å². The van der Waals surface area contributed by atoms with E-state index in [1.807, 2.05) is 12.1 Å². The van der Waals surface area contributed by atoms with E-state index in [1.165, 1.54) is 0 Å². The number of methoxy groups -OCH3 is 2. The van der Waals surface area contributed by atoms with E-state index in [9.17, 15) is 14.7 Å². The highest BCUT2D eigenvalue weighted by atomic mass is 16.5. The van der Waals surface area contributed by atoms with Gasteiger partial charge in [-0.05, 0) is 18.9 Å². The average Bonchev–Trinajstić information content (AvgIpc) is 3.33. The lowest BCUT2D eigenvalue weighted by Crippen LogP contribution is -2.31. The molecule has 26 heavy (non-hydrogen) atoms. The minimum atomic E-state index is -0.829. The first-order chi connectivity index (χ1) is 12.5. The van der Waals surface area contributed by atoms with Crippen LogP contribution in [0.3, 0.4) is 0 Å². The first kappa shape index (κ1) is 18.5. The van der Waals surface area contributed by atoms with Crippen molar-refractivity contribution in [3.63, 3.8) is 0 Å². The largest absolute Gasteiger partial charge is 0.493 e. The van der Waals surface area contributed by atoms with Crippen LogP contribution >= 0.6 is 0 Å². The molecule has 2 atom stereocenters. The highest BCUT2D eigenvalue weighted by molar-refractivity contribution is 5.77. The van der Waals surface area contributed by atoms with Crippen LogP contribution in [0.15, 0.2) is 18.2 Å². The molecule has 0 aromatic heterocycles. The number of nitrogens with one attached hydrogen (secondary N) is 1. The molecule has 0 spiro atoms. The molecule has 1 aromatic rings. The van der Waals surface area contributed by atoms with Crippen LogP contribution in [-0.2, 0) is 9.59 Å². The van der Waals surface area contributed by atoms with Crippen molar-refractivity contribution in [2.75, 3.05) is 33.9 Å². The Balaban J connectivity index is 1.71. The Kier molecular flexibility index (Phi) is 5.66. The van der Waals surface area contributed by atoms with E-state index in [0.29, 0.717) is 43.6 Å². The molecule has 1 aromatic carbocycles. The van der Waals surface area contributed by atoms with Crippen LogP contribution in [0.4, 0.5) is 0 Å². The molecule has 1 saturated carbocycles. The number of hydrogen-bond acceptors (Lipinski definition) is 5. The van der Waals surface area contributed by atoms with Crippen LogP contribution < -0.4 is 14.8 Å². The molecule has 3 rings (SSSR count). The van der Waals surface area contributed by atoms with Gasteiger partial charge in [0.25, 0.3) is 0 Å². The van der Waals surface area contributed by atoms with Crippen molar-refractivity contribution in [2.24, 2.45) is 5.92 Å². The molecule has 1 amide bonds. The molecule has 0 radical (unpaired) electrons. The predicted molar refractivity (Wildman–Crippen MR) is 95.6 cm³/mol. The Morgan fingerprint density at radius 1 is 1.23 bits per heavy atom. The van der Waals surface area contributed by atoms with Crippen molar-refractivity contribution in [1.29, 1.82) is 0 Å². The second kappa shape index (κ2) is 7.95. The molecule has 1 saturated heterocycles. The Bertz CT molecular complexity index is 674. The number of hydrogen-bond donors (Lipinski definition) is 2. The summed E-state index contributed by atoms with van der Waals surface area (Å²) in [5.74, 6) is -0.353. The second-order valence-corrected chi connectivity index (χ2v) is 6.99. The van der Waals surface area contributed by atoms with Gasteiger partial charge in [0.15, 0.2) is 11.5 Å². The van der Waals surface area contributed by atoms with E-state index in [-0.39, 0.29) is 11.8 Å². The van der Waals surface area contributed by atoms with Crippen molar-refractivity contribution >= 4 is 11.9 Å². The van der Waals surface area contributed by atoms with Crippen LogP contribution in [0.2, 0.25) is 0 Å². The molecular weight excluding hydrogens is 336 g/mol. The number of carbonyl (C=O) groups excluding carboxylic acids is 1. The standard InChI is InChI=1S/C19H26N2O5/c1-25-16-5-3-4-13(18(16)26-2)14-10-21(11-15(14)19(23)24)9-8-17(22)20-12-6-7-12/h3-5,12,14-15H,6-11H2,1-2H3,(H,20,22)(H,23,24)/t14-,15+/m0/s1. The average molecular weight is 362 g/mol. The molecular formula is C19H26N2O5. The van der Waals surface area contributed by atoms with E-state index >= 15 is 0 Å². The maximum Gasteiger partial charge on any atom is 0.308 e. The zero-order valence-corrected chi connectivity index (χ0v) is 15.2.